The van der Waals surface area contributed by atoms with Crippen LogP contribution in [0, 0.1) is 11.8 Å². The summed E-state index contributed by atoms with van der Waals surface area (Å²) in [7, 11) is 0. The number of hydrogen-bond donors (Lipinski definition) is 8. The molecule has 0 unspecified atom stereocenters. The fraction of sp³-hybridized carbons (Fsp3) is 0.607. The van der Waals surface area contributed by atoms with Crippen LogP contribution in [-0.4, -0.2) is 80.9 Å². The molecule has 0 aromatic heterocycles. The third-order valence-electron chi connectivity index (χ3n) is 6.60. The molecule has 0 amide bonds. The van der Waals surface area contributed by atoms with Crippen molar-refractivity contribution in [3.8, 4) is 5.75 Å². The highest BCUT2D eigenvalue weighted by atomic mass is 16.5. The second-order valence-electron chi connectivity index (χ2n) is 9.93. The summed E-state index contributed by atoms with van der Waals surface area (Å²) < 4.78 is 5.52. The number of rotatable bonds is 17. The van der Waals surface area contributed by atoms with Crippen molar-refractivity contribution in [1.82, 2.24) is 0 Å². The Morgan fingerprint density at radius 3 is 2.33 bits per heavy atom. The van der Waals surface area contributed by atoms with Crippen LogP contribution in [0.3, 0.4) is 0 Å². The van der Waals surface area contributed by atoms with Crippen molar-refractivity contribution in [2.75, 3.05) is 13.2 Å². The summed E-state index contributed by atoms with van der Waals surface area (Å²) in [6.45, 7) is 0.545. The Hall–Kier alpha value is -3.19. The monoisotopic (exact) mass is 566 g/mol. The highest BCUT2D eigenvalue weighted by Crippen LogP contribution is 2.37. The lowest BCUT2D eigenvalue weighted by Crippen LogP contribution is -2.30. The molecule has 1 aromatic rings. The molecule has 40 heavy (non-hydrogen) atoms. The summed E-state index contributed by atoms with van der Waals surface area (Å²) in [6, 6.07) is 8.43. The Kier molecular flexibility index (Phi) is 17.2. The molecule has 1 aliphatic rings. The fourth-order valence-electron chi connectivity index (χ4n) is 4.44. The number of carbonyl (C=O) groups is 2. The van der Waals surface area contributed by atoms with Crippen LogP contribution in [0.25, 0.3) is 0 Å². The topological polar surface area (TPSA) is 235 Å². The number of carboxylic acids is 2. The van der Waals surface area contributed by atoms with Crippen LogP contribution in [0.4, 0.5) is 0 Å². The molecule has 0 spiro atoms. The van der Waals surface area contributed by atoms with Gasteiger partial charge in [-0.3, -0.25) is 14.6 Å². The molecule has 2 rings (SSSR count). The predicted octanol–water partition coefficient (Wildman–Crippen LogP) is 1.22. The lowest BCUT2D eigenvalue weighted by atomic mass is 9.88. The van der Waals surface area contributed by atoms with Gasteiger partial charge in [0.15, 0.2) is 5.96 Å². The number of nitrogens with zero attached hydrogens (tertiary/aromatic N) is 1. The largest absolute Gasteiger partial charge is 0.491 e. The van der Waals surface area contributed by atoms with Gasteiger partial charge in [0.2, 0.25) is 0 Å². The maximum atomic E-state index is 10.5. The van der Waals surface area contributed by atoms with Gasteiger partial charge in [-0.1, -0.05) is 49.6 Å². The molecule has 12 heteroatoms. The first-order chi connectivity index (χ1) is 19.0. The average Bonchev–Trinajstić information content (AvgIpc) is 3.18. The van der Waals surface area contributed by atoms with Gasteiger partial charge in [0.05, 0.1) is 12.2 Å². The Labute approximate surface area is 235 Å². The van der Waals surface area contributed by atoms with Gasteiger partial charge in [-0.05, 0) is 43.7 Å². The summed E-state index contributed by atoms with van der Waals surface area (Å²) in [5.41, 5.74) is 15.3. The second kappa shape index (κ2) is 19.8. The standard InChI is InChI=1S/C22H32O6.C6H14N4O2/c23-16(15-28-17-8-4-3-5-9-17)12-13-19-18(20(24)14-21(19)25)10-6-1-2-7-11-22(26)27;7-4(5(11)12)2-1-3-10-6(8)9/h3-5,8-9,12-13,16,18-21,23-25H,1-2,6-7,10-11,14-15H2,(H,26,27);4H,1-3,7H2,(H,11,12)(H4,8,9,10)/b13-12+;/t16-,18-,19-,20+,21-;4-/m10/s1. The highest BCUT2D eigenvalue weighted by Gasteiger charge is 2.39. The van der Waals surface area contributed by atoms with E-state index in [1.54, 1.807) is 12.2 Å². The van der Waals surface area contributed by atoms with Gasteiger partial charge < -0.3 is 47.5 Å². The van der Waals surface area contributed by atoms with Crippen LogP contribution >= 0.6 is 0 Å². The number of aliphatic hydroxyl groups excluding tert-OH is 3. The molecule has 1 fully saturated rings. The zero-order chi connectivity index (χ0) is 29.9. The van der Waals surface area contributed by atoms with Crippen molar-refractivity contribution >= 4 is 17.9 Å². The lowest BCUT2D eigenvalue weighted by molar-refractivity contribution is -0.139. The number of unbranched alkanes of at least 4 members (excludes halogenated alkanes) is 3. The number of benzene rings is 1. The molecule has 0 saturated heterocycles. The number of aliphatic hydroxyl groups is 3. The van der Waals surface area contributed by atoms with E-state index in [1.807, 2.05) is 30.3 Å². The summed E-state index contributed by atoms with van der Waals surface area (Å²) in [6.07, 6.45) is 7.06. The molecule has 12 nitrogen and oxygen atoms in total. The van der Waals surface area contributed by atoms with E-state index in [1.165, 1.54) is 0 Å². The molecule has 0 radical (unpaired) electrons. The van der Waals surface area contributed by atoms with Crippen molar-refractivity contribution in [3.63, 3.8) is 0 Å². The van der Waals surface area contributed by atoms with E-state index < -0.39 is 36.3 Å². The van der Waals surface area contributed by atoms with Crippen molar-refractivity contribution in [3.05, 3.63) is 42.5 Å². The highest BCUT2D eigenvalue weighted by molar-refractivity contribution is 5.75. The summed E-state index contributed by atoms with van der Waals surface area (Å²) in [5, 5.41) is 47.7. The van der Waals surface area contributed by atoms with E-state index in [4.69, 9.17) is 32.2 Å². The lowest BCUT2D eigenvalue weighted by Gasteiger charge is -2.21. The minimum atomic E-state index is -1.00. The number of nitrogens with two attached hydrogens (primary N) is 3. The molecule has 6 atom stereocenters. The van der Waals surface area contributed by atoms with Gasteiger partial charge in [-0.2, -0.15) is 0 Å². The number of aliphatic imine (C=N–C) groups is 1. The minimum Gasteiger partial charge on any atom is -0.491 e. The third kappa shape index (κ3) is 15.4. The van der Waals surface area contributed by atoms with Gasteiger partial charge in [-0.25, -0.2) is 0 Å². The smallest absolute Gasteiger partial charge is 0.320 e. The number of para-hydroxylation sites is 1. The molecule has 1 aromatic carbocycles. The van der Waals surface area contributed by atoms with E-state index in [0.717, 1.165) is 25.7 Å². The molecule has 0 aliphatic heterocycles. The van der Waals surface area contributed by atoms with Crippen LogP contribution in [0.15, 0.2) is 47.5 Å². The SMILES string of the molecule is NC(N)=NCCC[C@H](N)C(=O)O.O=C(O)CCCCCC[C@@H]1[C@@H](/C=C/[C@@H](O)COc2ccccc2)[C@H](O)C[C@@H]1O. The zero-order valence-electron chi connectivity index (χ0n) is 22.9. The molecule has 1 aliphatic carbocycles. The Morgan fingerprint density at radius 1 is 1.02 bits per heavy atom. The molecule has 1 saturated carbocycles. The van der Waals surface area contributed by atoms with Crippen LogP contribution < -0.4 is 21.9 Å². The van der Waals surface area contributed by atoms with E-state index >= 15 is 0 Å². The normalized spacial score (nSPS) is 21.7. The van der Waals surface area contributed by atoms with Gasteiger partial charge in [0.1, 0.15) is 24.5 Å². The maximum Gasteiger partial charge on any atom is 0.320 e. The van der Waals surface area contributed by atoms with E-state index in [2.05, 4.69) is 4.99 Å². The number of carboxylic acid groups (broad SMARTS) is 2. The predicted molar refractivity (Wildman–Crippen MR) is 152 cm³/mol. The first kappa shape index (κ1) is 34.8. The van der Waals surface area contributed by atoms with Crippen LogP contribution in [0.5, 0.6) is 5.75 Å². The maximum absolute atomic E-state index is 10.5. The van der Waals surface area contributed by atoms with Crippen LogP contribution in [0.1, 0.15) is 57.8 Å². The number of ether oxygens (including phenoxy) is 1. The van der Waals surface area contributed by atoms with Gasteiger partial charge in [0.25, 0.3) is 0 Å². The number of aliphatic carboxylic acids is 2. The van der Waals surface area contributed by atoms with Crippen molar-refractivity contribution in [1.29, 1.82) is 0 Å². The second-order valence-corrected chi connectivity index (χ2v) is 9.93. The Balaban J connectivity index is 0.000000562. The van der Waals surface area contributed by atoms with Gasteiger partial charge >= 0.3 is 11.9 Å². The zero-order valence-corrected chi connectivity index (χ0v) is 22.9. The summed E-state index contributed by atoms with van der Waals surface area (Å²) in [5.74, 6) is -1.31. The van der Waals surface area contributed by atoms with Gasteiger partial charge in [-0.15, -0.1) is 0 Å². The van der Waals surface area contributed by atoms with E-state index in [0.29, 0.717) is 38.0 Å². The van der Waals surface area contributed by atoms with Crippen LogP contribution in [0.2, 0.25) is 0 Å². The number of guanidine groups is 1. The number of hydrogen-bond acceptors (Lipinski definition) is 8. The van der Waals surface area contributed by atoms with Crippen LogP contribution in [-0.2, 0) is 9.59 Å². The molecule has 0 bridgehead atoms. The summed E-state index contributed by atoms with van der Waals surface area (Å²) >= 11 is 0. The molecular weight excluding hydrogens is 520 g/mol. The van der Waals surface area contributed by atoms with Crippen molar-refractivity contribution in [2.24, 2.45) is 34.0 Å². The Bertz CT molecular complexity index is 911. The van der Waals surface area contributed by atoms with E-state index in [-0.39, 0.29) is 30.8 Å². The minimum absolute atomic E-state index is 0.0129. The Morgan fingerprint density at radius 2 is 1.70 bits per heavy atom. The van der Waals surface area contributed by atoms with Crippen molar-refractivity contribution in [2.45, 2.75) is 82.1 Å². The van der Waals surface area contributed by atoms with E-state index in [9.17, 15) is 24.9 Å². The first-order valence-electron chi connectivity index (χ1n) is 13.7. The summed E-state index contributed by atoms with van der Waals surface area (Å²) in [4.78, 5) is 24.4. The van der Waals surface area contributed by atoms with Crippen molar-refractivity contribution < 1.29 is 39.9 Å². The first-order valence-corrected chi connectivity index (χ1v) is 13.7. The molecule has 0 heterocycles. The molecular formula is C28H46N4O8. The quantitative estimate of drug-likeness (QED) is 0.0577. The van der Waals surface area contributed by atoms with Gasteiger partial charge in [0, 0.05) is 25.3 Å². The fourth-order valence-corrected chi connectivity index (χ4v) is 4.44. The molecule has 226 valence electrons. The average molecular weight is 567 g/mol. The molecule has 11 N–H and O–H groups in total. The third-order valence-corrected chi connectivity index (χ3v) is 6.60.